The van der Waals surface area contributed by atoms with E-state index in [-0.39, 0.29) is 74.7 Å². The molecule has 75 heavy (non-hydrogen) atoms. The van der Waals surface area contributed by atoms with Crippen molar-refractivity contribution in [2.24, 2.45) is 0 Å². The molecule has 0 radical (unpaired) electrons. The van der Waals surface area contributed by atoms with E-state index in [4.69, 9.17) is 9.47 Å². The number of esters is 2. The average Bonchev–Trinajstić information content (AvgIpc) is 3.37. The molecule has 0 fully saturated rings. The van der Waals surface area contributed by atoms with Crippen LogP contribution in [0.4, 0.5) is 0 Å². The number of carboxylic acids is 2. The van der Waals surface area contributed by atoms with E-state index >= 15 is 0 Å². The predicted octanol–water partition coefficient (Wildman–Crippen LogP) is 18.8. The third-order valence-corrected chi connectivity index (χ3v) is 15.1. The van der Waals surface area contributed by atoms with Crippen molar-refractivity contribution in [1.29, 1.82) is 0 Å². The molecule has 0 aromatic rings. The molecule has 0 amide bonds. The van der Waals surface area contributed by atoms with Gasteiger partial charge in [0.1, 0.15) is 12.2 Å². The van der Waals surface area contributed by atoms with E-state index < -0.39 is 11.9 Å². The van der Waals surface area contributed by atoms with Gasteiger partial charge >= 0.3 is 49.7 Å². The fraction of sp³-hybridized carbons (Fsp3) is 0.939. The molecule has 0 N–H and O–H groups in total. The first kappa shape index (κ1) is 78.4. The quantitative estimate of drug-likeness (QED) is 0.0334. The third-order valence-electron chi connectivity index (χ3n) is 15.1. The van der Waals surface area contributed by atoms with Crippen molar-refractivity contribution in [2.45, 2.75) is 399 Å². The number of hydrogen-bond donors (Lipinski definition) is 0. The second-order valence-corrected chi connectivity index (χ2v) is 22.7. The maximum atomic E-state index is 12.4. The summed E-state index contributed by atoms with van der Waals surface area (Å²) >= 11 is 0. The largest absolute Gasteiger partial charge is 2.00 e. The SMILES string of the molecule is CCCCCCCCCCCCCCC(=O)OC(CCCCCCCCCCCCC)CCCC(=O)[O-].CCCCCCCCCCCCCCC(=O)OC(CCCCCCCCCCCCC)CCCC(=O)[O-].[Ca+2]. The van der Waals surface area contributed by atoms with Gasteiger partial charge in [-0.15, -0.1) is 0 Å². The first-order valence-electron chi connectivity index (χ1n) is 33.0. The van der Waals surface area contributed by atoms with Crippen LogP contribution in [0.15, 0.2) is 0 Å². The summed E-state index contributed by atoms with van der Waals surface area (Å²) in [6.07, 6.45) is 64.1. The summed E-state index contributed by atoms with van der Waals surface area (Å²) in [6, 6.07) is 0. The molecule has 0 aromatic carbocycles. The number of unbranched alkanes of at least 4 members (excludes halogenated alkanes) is 42. The summed E-state index contributed by atoms with van der Waals surface area (Å²) in [5, 5.41) is 21.6. The molecular weight excluding hydrogens is 961 g/mol. The molecule has 0 heterocycles. The number of aliphatic carboxylic acids is 2. The van der Waals surface area contributed by atoms with Crippen LogP contribution in [0.25, 0.3) is 0 Å². The van der Waals surface area contributed by atoms with Crippen LogP contribution in [0.1, 0.15) is 387 Å². The van der Waals surface area contributed by atoms with Gasteiger partial charge in [0.15, 0.2) is 0 Å². The Hall–Kier alpha value is -0.860. The number of carboxylic acid groups (broad SMARTS) is 2. The zero-order chi connectivity index (χ0) is 54.5. The van der Waals surface area contributed by atoms with Crippen molar-refractivity contribution in [3.05, 3.63) is 0 Å². The Morgan fingerprint density at radius 2 is 0.427 bits per heavy atom. The number of carbonyl (C=O) groups excluding carboxylic acids is 4. The average molecular weight is 1090 g/mol. The van der Waals surface area contributed by atoms with Gasteiger partial charge in [0.05, 0.1) is 0 Å². The summed E-state index contributed by atoms with van der Waals surface area (Å²) in [6.45, 7) is 9.04. The normalized spacial score (nSPS) is 11.9. The Balaban J connectivity index is -0.00000136. The molecule has 2 atom stereocenters. The topological polar surface area (TPSA) is 133 Å². The van der Waals surface area contributed by atoms with Crippen LogP contribution in [-0.2, 0) is 28.7 Å². The molecule has 9 heteroatoms. The molecule has 0 saturated heterocycles. The van der Waals surface area contributed by atoms with Gasteiger partial charge in [-0.2, -0.15) is 0 Å². The number of carbonyl (C=O) groups is 4. The minimum Gasteiger partial charge on any atom is -0.550 e. The van der Waals surface area contributed by atoms with E-state index in [9.17, 15) is 29.4 Å². The van der Waals surface area contributed by atoms with Crippen molar-refractivity contribution in [3.8, 4) is 0 Å². The maximum absolute atomic E-state index is 12.4. The van der Waals surface area contributed by atoms with Crippen molar-refractivity contribution in [3.63, 3.8) is 0 Å². The molecule has 0 aliphatic heterocycles. The van der Waals surface area contributed by atoms with Crippen LogP contribution in [0.3, 0.4) is 0 Å². The second kappa shape index (κ2) is 67.4. The van der Waals surface area contributed by atoms with Gasteiger partial charge in [0.2, 0.25) is 0 Å². The van der Waals surface area contributed by atoms with Crippen LogP contribution in [-0.4, -0.2) is 73.8 Å². The Morgan fingerprint density at radius 3 is 0.627 bits per heavy atom. The fourth-order valence-corrected chi connectivity index (χ4v) is 10.3. The van der Waals surface area contributed by atoms with Gasteiger partial charge in [-0.05, 0) is 77.0 Å². The van der Waals surface area contributed by atoms with Crippen LogP contribution >= 0.6 is 0 Å². The molecule has 0 saturated carbocycles. The first-order chi connectivity index (χ1) is 36.2. The Morgan fingerprint density at radius 1 is 0.253 bits per heavy atom. The van der Waals surface area contributed by atoms with E-state index in [2.05, 4.69) is 27.7 Å². The van der Waals surface area contributed by atoms with Gasteiger partial charge in [0, 0.05) is 24.8 Å². The molecule has 440 valence electrons. The molecule has 0 bridgehead atoms. The van der Waals surface area contributed by atoms with Gasteiger partial charge in [0.25, 0.3) is 0 Å². The van der Waals surface area contributed by atoms with Crippen LogP contribution in [0.5, 0.6) is 0 Å². The standard InChI is InChI=1S/2C33H64O4.Ca/c2*1-3-5-7-9-11-13-15-17-19-21-23-25-30-33(36)37-31(28-26-29-32(34)35)27-24-22-20-18-16-14-12-10-8-6-4-2;/h2*31H,3-30H2,1-2H3,(H,34,35);/q;;+2/p-2. The van der Waals surface area contributed by atoms with E-state index in [1.807, 2.05) is 0 Å². The Labute approximate surface area is 496 Å². The molecule has 0 aliphatic rings. The van der Waals surface area contributed by atoms with Gasteiger partial charge < -0.3 is 29.3 Å². The van der Waals surface area contributed by atoms with Gasteiger partial charge in [-0.1, -0.05) is 297 Å². The molecule has 0 aromatic heterocycles. The van der Waals surface area contributed by atoms with E-state index in [0.717, 1.165) is 51.4 Å². The van der Waals surface area contributed by atoms with Gasteiger partial charge in [-0.3, -0.25) is 9.59 Å². The van der Waals surface area contributed by atoms with Crippen molar-refractivity contribution in [2.75, 3.05) is 0 Å². The Kier molecular flexibility index (Phi) is 70.4. The maximum Gasteiger partial charge on any atom is 2.00 e. The Bertz CT molecular complexity index is 1080. The predicted molar refractivity (Wildman–Crippen MR) is 317 cm³/mol. The second-order valence-electron chi connectivity index (χ2n) is 22.7. The fourth-order valence-electron chi connectivity index (χ4n) is 10.3. The summed E-state index contributed by atoms with van der Waals surface area (Å²) in [5.74, 6) is -2.24. The molecule has 0 aliphatic carbocycles. The molecule has 8 nitrogen and oxygen atoms in total. The summed E-state index contributed by atoms with van der Waals surface area (Å²) < 4.78 is 11.5. The van der Waals surface area contributed by atoms with E-state index in [1.165, 1.54) is 257 Å². The molecule has 2 unspecified atom stereocenters. The number of ether oxygens (including phenoxy) is 2. The summed E-state index contributed by atoms with van der Waals surface area (Å²) in [4.78, 5) is 46.3. The van der Waals surface area contributed by atoms with Gasteiger partial charge in [-0.25, -0.2) is 0 Å². The first-order valence-corrected chi connectivity index (χ1v) is 33.0. The van der Waals surface area contributed by atoms with Crippen molar-refractivity contribution in [1.82, 2.24) is 0 Å². The monoisotopic (exact) mass is 1090 g/mol. The minimum absolute atomic E-state index is 0. The molecule has 0 rings (SSSR count). The third kappa shape index (κ3) is 69.2. The zero-order valence-electron chi connectivity index (χ0n) is 50.7. The van der Waals surface area contributed by atoms with Crippen LogP contribution < -0.4 is 10.2 Å². The minimum atomic E-state index is -1.02. The molecular formula is C66H126CaO8. The summed E-state index contributed by atoms with van der Waals surface area (Å²) in [5.41, 5.74) is 0. The number of hydrogen-bond acceptors (Lipinski definition) is 8. The van der Waals surface area contributed by atoms with Crippen LogP contribution in [0, 0.1) is 0 Å². The van der Waals surface area contributed by atoms with E-state index in [0.29, 0.717) is 38.5 Å². The summed E-state index contributed by atoms with van der Waals surface area (Å²) in [7, 11) is 0. The van der Waals surface area contributed by atoms with Crippen molar-refractivity contribution < 1.29 is 38.9 Å². The van der Waals surface area contributed by atoms with Crippen LogP contribution in [0.2, 0.25) is 0 Å². The number of rotatable bonds is 60. The van der Waals surface area contributed by atoms with Crippen molar-refractivity contribution >= 4 is 61.6 Å². The van der Waals surface area contributed by atoms with E-state index in [1.54, 1.807) is 0 Å². The smallest absolute Gasteiger partial charge is 0.550 e. The molecule has 0 spiro atoms. The zero-order valence-corrected chi connectivity index (χ0v) is 52.9.